The van der Waals surface area contributed by atoms with E-state index in [1.807, 2.05) is 11.4 Å². The fraction of sp³-hybridized carbons (Fsp3) is 0.611. The highest BCUT2D eigenvalue weighted by atomic mass is 32.1. The zero-order valence-corrected chi connectivity index (χ0v) is 15.1. The van der Waals surface area contributed by atoms with Gasteiger partial charge in [-0.15, -0.1) is 11.3 Å². The van der Waals surface area contributed by atoms with Crippen molar-refractivity contribution >= 4 is 33.3 Å². The highest BCUT2D eigenvalue weighted by Gasteiger charge is 2.19. The monoisotopic (exact) mass is 347 g/mol. The summed E-state index contributed by atoms with van der Waals surface area (Å²) in [6, 6.07) is 1.95. The summed E-state index contributed by atoms with van der Waals surface area (Å²) in [5.41, 5.74) is 0.833. The molecule has 0 radical (unpaired) electrons. The fourth-order valence-electron chi connectivity index (χ4n) is 3.23. The number of carbonyl (C=O) groups is 1. The van der Waals surface area contributed by atoms with Gasteiger partial charge in [0.2, 0.25) is 5.82 Å². The van der Waals surface area contributed by atoms with Crippen LogP contribution in [0, 0.1) is 0 Å². The maximum atomic E-state index is 11.9. The van der Waals surface area contributed by atoms with E-state index < -0.39 is 5.97 Å². The number of anilines is 1. The van der Waals surface area contributed by atoms with Crippen molar-refractivity contribution in [2.24, 2.45) is 0 Å². The Morgan fingerprint density at radius 2 is 1.67 bits per heavy atom. The predicted molar refractivity (Wildman–Crippen MR) is 97.9 cm³/mol. The van der Waals surface area contributed by atoms with Gasteiger partial charge in [-0.2, -0.15) is 0 Å². The SMILES string of the molecule is COC(=O)c1nc(N2CCCCCCCCCC2)c2sccc2n1. The molecule has 0 bridgehead atoms. The maximum Gasteiger partial charge on any atom is 0.376 e. The van der Waals surface area contributed by atoms with Crippen molar-refractivity contribution in [1.82, 2.24) is 9.97 Å². The normalized spacial score (nSPS) is 17.5. The highest BCUT2D eigenvalue weighted by Crippen LogP contribution is 2.30. The van der Waals surface area contributed by atoms with Crippen LogP contribution in [0.15, 0.2) is 11.4 Å². The Morgan fingerprint density at radius 1 is 1.04 bits per heavy atom. The number of rotatable bonds is 2. The Bertz CT molecular complexity index is 674. The van der Waals surface area contributed by atoms with E-state index >= 15 is 0 Å². The number of fused-ring (bicyclic) bond motifs is 1. The Hall–Kier alpha value is -1.69. The van der Waals surface area contributed by atoms with Gasteiger partial charge in [0.15, 0.2) is 5.82 Å². The number of ether oxygens (including phenoxy) is 1. The summed E-state index contributed by atoms with van der Waals surface area (Å²) in [6.07, 6.45) is 10.2. The van der Waals surface area contributed by atoms with Crippen molar-refractivity contribution < 1.29 is 9.53 Å². The first-order valence-corrected chi connectivity index (χ1v) is 9.76. The topological polar surface area (TPSA) is 55.3 Å². The van der Waals surface area contributed by atoms with Gasteiger partial charge in [-0.25, -0.2) is 14.8 Å². The van der Waals surface area contributed by atoms with Gasteiger partial charge in [-0.1, -0.05) is 38.5 Å². The molecule has 24 heavy (non-hydrogen) atoms. The number of thiophene rings is 1. The summed E-state index contributed by atoms with van der Waals surface area (Å²) in [7, 11) is 1.37. The summed E-state index contributed by atoms with van der Waals surface area (Å²) in [5, 5.41) is 2.01. The Morgan fingerprint density at radius 3 is 2.29 bits per heavy atom. The third kappa shape index (κ3) is 4.04. The van der Waals surface area contributed by atoms with Crippen LogP contribution in [-0.2, 0) is 4.74 Å². The minimum Gasteiger partial charge on any atom is -0.463 e. The minimum atomic E-state index is -0.470. The summed E-state index contributed by atoms with van der Waals surface area (Å²) in [6.45, 7) is 1.98. The fourth-order valence-corrected chi connectivity index (χ4v) is 4.08. The zero-order valence-electron chi connectivity index (χ0n) is 14.3. The van der Waals surface area contributed by atoms with Gasteiger partial charge in [-0.3, -0.25) is 0 Å². The Balaban J connectivity index is 1.91. The third-order valence-corrected chi connectivity index (χ3v) is 5.46. The van der Waals surface area contributed by atoms with E-state index in [1.165, 1.54) is 58.5 Å². The molecule has 0 aliphatic carbocycles. The van der Waals surface area contributed by atoms with Crippen molar-refractivity contribution in [2.75, 3.05) is 25.1 Å². The molecule has 0 saturated carbocycles. The maximum absolute atomic E-state index is 11.9. The molecule has 1 aliphatic heterocycles. The lowest BCUT2D eigenvalue weighted by molar-refractivity contribution is 0.0587. The second-order valence-corrected chi connectivity index (χ2v) is 7.23. The molecule has 0 amide bonds. The van der Waals surface area contributed by atoms with Gasteiger partial charge in [-0.05, 0) is 24.3 Å². The van der Waals surface area contributed by atoms with Crippen molar-refractivity contribution in [3.63, 3.8) is 0 Å². The number of carbonyl (C=O) groups excluding carboxylic acids is 1. The van der Waals surface area contributed by atoms with Crippen LogP contribution in [-0.4, -0.2) is 36.1 Å². The van der Waals surface area contributed by atoms with Crippen LogP contribution in [0.2, 0.25) is 0 Å². The average molecular weight is 347 g/mol. The van der Waals surface area contributed by atoms with E-state index in [9.17, 15) is 4.79 Å². The molecule has 6 heteroatoms. The number of hydrogen-bond acceptors (Lipinski definition) is 6. The number of methoxy groups -OCH3 is 1. The van der Waals surface area contributed by atoms with Gasteiger partial charge < -0.3 is 9.64 Å². The lowest BCUT2D eigenvalue weighted by Crippen LogP contribution is -2.27. The summed E-state index contributed by atoms with van der Waals surface area (Å²) >= 11 is 1.64. The van der Waals surface area contributed by atoms with Crippen molar-refractivity contribution in [3.8, 4) is 0 Å². The molecular formula is C18H25N3O2S. The molecule has 0 N–H and O–H groups in total. The zero-order chi connectivity index (χ0) is 16.8. The number of esters is 1. The van der Waals surface area contributed by atoms with E-state index in [1.54, 1.807) is 11.3 Å². The smallest absolute Gasteiger partial charge is 0.376 e. The van der Waals surface area contributed by atoms with E-state index in [0.29, 0.717) is 0 Å². The van der Waals surface area contributed by atoms with Gasteiger partial charge in [0, 0.05) is 13.1 Å². The van der Waals surface area contributed by atoms with Crippen LogP contribution >= 0.6 is 11.3 Å². The number of nitrogens with zero attached hydrogens (tertiary/aromatic N) is 3. The van der Waals surface area contributed by atoms with Crippen molar-refractivity contribution in [3.05, 3.63) is 17.3 Å². The summed E-state index contributed by atoms with van der Waals surface area (Å²) in [5.74, 6) is 0.588. The first-order chi connectivity index (χ1) is 11.8. The quantitative estimate of drug-likeness (QED) is 0.753. The van der Waals surface area contributed by atoms with Gasteiger partial charge in [0.05, 0.1) is 17.3 Å². The molecular weight excluding hydrogens is 322 g/mol. The van der Waals surface area contributed by atoms with E-state index in [4.69, 9.17) is 4.74 Å². The molecule has 1 aliphatic rings. The molecule has 2 aromatic heterocycles. The Kier molecular flexibility index (Phi) is 6.01. The van der Waals surface area contributed by atoms with Crippen LogP contribution in [0.4, 0.5) is 5.82 Å². The third-order valence-electron chi connectivity index (χ3n) is 4.56. The van der Waals surface area contributed by atoms with E-state index in [2.05, 4.69) is 14.9 Å². The van der Waals surface area contributed by atoms with Crippen LogP contribution < -0.4 is 4.90 Å². The molecule has 0 aromatic carbocycles. The van der Waals surface area contributed by atoms with Gasteiger partial charge in [0.25, 0.3) is 0 Å². The first-order valence-electron chi connectivity index (χ1n) is 8.88. The van der Waals surface area contributed by atoms with Crippen LogP contribution in [0.3, 0.4) is 0 Å². The lowest BCUT2D eigenvalue weighted by atomic mass is 10.1. The van der Waals surface area contributed by atoms with Crippen LogP contribution in [0.25, 0.3) is 10.2 Å². The molecule has 2 aromatic rings. The summed E-state index contributed by atoms with van der Waals surface area (Å²) < 4.78 is 5.89. The molecule has 0 spiro atoms. The molecule has 130 valence electrons. The standard InChI is InChI=1S/C18H25N3O2S/c1-23-18(22)16-19-14-10-13-24-15(14)17(20-16)21-11-8-6-4-2-3-5-7-9-12-21/h10,13H,2-9,11-12H2,1H3. The lowest BCUT2D eigenvalue weighted by Gasteiger charge is -2.24. The molecule has 1 saturated heterocycles. The van der Waals surface area contributed by atoms with E-state index in [0.717, 1.165) is 29.1 Å². The van der Waals surface area contributed by atoms with Crippen LogP contribution in [0.1, 0.15) is 62.0 Å². The highest BCUT2D eigenvalue weighted by molar-refractivity contribution is 7.17. The molecule has 0 unspecified atom stereocenters. The van der Waals surface area contributed by atoms with Gasteiger partial charge in [0.1, 0.15) is 0 Å². The van der Waals surface area contributed by atoms with E-state index in [-0.39, 0.29) is 5.82 Å². The second kappa shape index (κ2) is 8.42. The molecule has 3 heterocycles. The average Bonchev–Trinajstić information content (AvgIpc) is 3.05. The molecule has 5 nitrogen and oxygen atoms in total. The predicted octanol–water partition coefficient (Wildman–Crippen LogP) is 4.42. The Labute approximate surface area is 147 Å². The minimum absolute atomic E-state index is 0.160. The number of aromatic nitrogens is 2. The van der Waals surface area contributed by atoms with Crippen molar-refractivity contribution in [2.45, 2.75) is 51.4 Å². The van der Waals surface area contributed by atoms with Crippen LogP contribution in [0.5, 0.6) is 0 Å². The largest absolute Gasteiger partial charge is 0.463 e. The number of hydrogen-bond donors (Lipinski definition) is 0. The molecule has 1 fully saturated rings. The first kappa shape index (κ1) is 17.1. The summed E-state index contributed by atoms with van der Waals surface area (Å²) in [4.78, 5) is 23.2. The molecule has 0 atom stereocenters. The van der Waals surface area contributed by atoms with Gasteiger partial charge >= 0.3 is 5.97 Å². The molecule has 3 rings (SSSR count). The van der Waals surface area contributed by atoms with Crippen molar-refractivity contribution in [1.29, 1.82) is 0 Å². The second-order valence-electron chi connectivity index (χ2n) is 6.31.